The van der Waals surface area contributed by atoms with E-state index in [1.165, 1.54) is 131 Å². The largest absolute Gasteiger partial charge is 0.140 e. The van der Waals surface area contributed by atoms with Crippen LogP contribution in [0.15, 0.2) is 0 Å². The second-order valence-electron chi connectivity index (χ2n) is 13.0. The van der Waals surface area contributed by atoms with Crippen LogP contribution in [0.4, 0.5) is 0 Å². The van der Waals surface area contributed by atoms with Crippen molar-refractivity contribution in [3.63, 3.8) is 0 Å². The first-order valence-electron chi connectivity index (χ1n) is 15.0. The van der Waals surface area contributed by atoms with Gasteiger partial charge in [0.1, 0.15) is 126 Å². The van der Waals surface area contributed by atoms with Crippen molar-refractivity contribution in [2.24, 2.45) is 0 Å². The molecule has 5 rings (SSSR count). The molecule has 0 bridgehead atoms. The highest BCUT2D eigenvalue weighted by Crippen LogP contribution is 2.33. The van der Waals surface area contributed by atoms with Crippen molar-refractivity contribution in [1.82, 2.24) is 0 Å². The maximum absolute atomic E-state index is 2.38. The van der Waals surface area contributed by atoms with Gasteiger partial charge in [-0.1, -0.05) is 49.2 Å². The van der Waals surface area contributed by atoms with Crippen LogP contribution in [0.2, 0.25) is 0 Å². The van der Waals surface area contributed by atoms with Crippen molar-refractivity contribution < 1.29 is 0 Å². The van der Waals surface area contributed by atoms with E-state index in [0.717, 1.165) is 0 Å². The summed E-state index contributed by atoms with van der Waals surface area (Å²) in [5.74, 6) is 0. The van der Waals surface area contributed by atoms with Crippen LogP contribution in [0.3, 0.4) is 0 Å². The quantitative estimate of drug-likeness (QED) is 0.161. The Bertz CT molecular complexity index is 1920. The van der Waals surface area contributed by atoms with Crippen molar-refractivity contribution >= 4 is 245 Å². The maximum atomic E-state index is 2.38. The lowest BCUT2D eigenvalue weighted by molar-refractivity contribution is 1.91. The monoisotopic (exact) mass is 496 g/mol. The minimum atomic E-state index is 1.42. The third-order valence-corrected chi connectivity index (χ3v) is 11.7. The molecule has 0 aliphatic carbocycles. The minimum absolute atomic E-state index is 1.42. The fraction of sp³-hybridized carbons (Fsp3) is 0. The van der Waals surface area contributed by atoms with Gasteiger partial charge in [-0.25, -0.2) is 0 Å². The summed E-state index contributed by atoms with van der Waals surface area (Å²) in [5, 5.41) is 8.74. The van der Waals surface area contributed by atoms with Crippen molar-refractivity contribution in [1.29, 1.82) is 0 Å². The number of benzene rings is 5. The molecule has 40 heavy (non-hydrogen) atoms. The van der Waals surface area contributed by atoms with E-state index < -0.39 is 0 Å². The number of rotatable bonds is 1. The van der Waals surface area contributed by atoms with Gasteiger partial charge in [0.25, 0.3) is 0 Å². The van der Waals surface area contributed by atoms with E-state index in [1.54, 1.807) is 0 Å². The molecule has 0 aromatic heterocycles. The summed E-state index contributed by atoms with van der Waals surface area (Å²) < 4.78 is 0. The van der Waals surface area contributed by atoms with Crippen LogP contribution in [0.5, 0.6) is 0 Å². The third-order valence-electron chi connectivity index (χ3n) is 11.7. The molecule has 16 heteroatoms. The molecular weight excluding hydrogens is 461 g/mol. The molecule has 0 saturated heterocycles. The van der Waals surface area contributed by atoms with E-state index in [1.807, 2.05) is 0 Å². The summed E-state index contributed by atoms with van der Waals surface area (Å²) in [7, 11) is 37.5. The predicted octanol–water partition coefficient (Wildman–Crippen LogP) is -21.1. The summed E-state index contributed by atoms with van der Waals surface area (Å²) in [6, 6.07) is 0. The lowest BCUT2D eigenvalue weighted by atomic mass is 9.56. The van der Waals surface area contributed by atoms with Gasteiger partial charge in [-0.05, 0) is 43.4 Å². The highest BCUT2D eigenvalue weighted by Gasteiger charge is 2.26. The first kappa shape index (κ1) is 29.4. The highest BCUT2D eigenvalue weighted by molar-refractivity contribution is 6.76. The SMILES string of the molecule is Bc1c(B)c(B)c2c(-c3c4c(B)c(B)c(B)c(B)c4c(B)c4c(B)c(B)c(B)c(B)c34)c(B)c(B)c(B)c2c1B. The van der Waals surface area contributed by atoms with E-state index in [2.05, 4.69) is 126 Å². The summed E-state index contributed by atoms with van der Waals surface area (Å²) in [6.07, 6.45) is 0. The van der Waals surface area contributed by atoms with Crippen LogP contribution >= 0.6 is 0 Å². The number of hydrogen-bond acceptors (Lipinski definition) is 0. The molecule has 5 aromatic rings. The van der Waals surface area contributed by atoms with Gasteiger partial charge >= 0.3 is 0 Å². The number of hydrogen-bond donors (Lipinski definition) is 0. The maximum Gasteiger partial charge on any atom is 0.140 e. The molecule has 0 heterocycles. The van der Waals surface area contributed by atoms with Crippen molar-refractivity contribution in [2.75, 3.05) is 0 Å². The molecule has 0 saturated carbocycles. The fourth-order valence-corrected chi connectivity index (χ4v) is 7.94. The van der Waals surface area contributed by atoms with Crippen LogP contribution < -0.4 is 87.4 Å². The van der Waals surface area contributed by atoms with Gasteiger partial charge in [-0.15, -0.1) is 38.2 Å². The molecule has 0 amide bonds. The van der Waals surface area contributed by atoms with Crippen molar-refractivity contribution in [3.05, 3.63) is 0 Å². The molecule has 176 valence electrons. The van der Waals surface area contributed by atoms with Crippen LogP contribution in [0, 0.1) is 0 Å². The van der Waals surface area contributed by atoms with Crippen LogP contribution in [-0.4, -0.2) is 126 Å². The Kier molecular flexibility index (Phi) is 7.16. The van der Waals surface area contributed by atoms with Gasteiger partial charge in [0, 0.05) is 0 Å². The fourth-order valence-electron chi connectivity index (χ4n) is 7.94. The molecule has 0 N–H and O–H groups in total. The highest BCUT2D eigenvalue weighted by atomic mass is 14.2. The Labute approximate surface area is 255 Å². The molecule has 0 aliphatic heterocycles. The normalized spacial score (nSPS) is 11.6. The van der Waals surface area contributed by atoms with Crippen LogP contribution in [0.25, 0.3) is 43.4 Å². The third kappa shape index (κ3) is 3.62. The predicted molar refractivity (Wildman–Crippen MR) is 235 cm³/mol. The Morgan fingerprint density at radius 2 is 0.350 bits per heavy atom. The Morgan fingerprint density at radius 1 is 0.150 bits per heavy atom. The first-order chi connectivity index (χ1) is 18.6. The van der Waals surface area contributed by atoms with Crippen LogP contribution in [-0.2, 0) is 0 Å². The van der Waals surface area contributed by atoms with Gasteiger partial charge in [-0.3, -0.25) is 0 Å². The summed E-state index contributed by atoms with van der Waals surface area (Å²) in [6.45, 7) is 0. The second kappa shape index (κ2) is 9.74. The summed E-state index contributed by atoms with van der Waals surface area (Å²) >= 11 is 0. The van der Waals surface area contributed by atoms with Gasteiger partial charge in [0.15, 0.2) is 0 Å². The van der Waals surface area contributed by atoms with Crippen molar-refractivity contribution in [3.8, 4) is 11.1 Å². The molecule has 0 radical (unpaired) electrons. The van der Waals surface area contributed by atoms with Gasteiger partial charge in [-0.2, -0.15) is 0 Å². The zero-order valence-electron chi connectivity index (χ0n) is 28.0. The van der Waals surface area contributed by atoms with Crippen molar-refractivity contribution in [2.45, 2.75) is 0 Å². The zero-order chi connectivity index (χ0) is 29.9. The van der Waals surface area contributed by atoms with E-state index >= 15 is 0 Å². The molecular formula is C24H32B16. The molecule has 0 nitrogen and oxygen atoms in total. The topological polar surface area (TPSA) is 0 Å². The molecule has 0 unspecified atom stereocenters. The van der Waals surface area contributed by atoms with E-state index in [9.17, 15) is 0 Å². The molecule has 0 atom stereocenters. The lowest BCUT2D eigenvalue weighted by Gasteiger charge is -2.30. The average molecular weight is 494 g/mol. The van der Waals surface area contributed by atoms with Gasteiger partial charge in [0.2, 0.25) is 0 Å². The second-order valence-corrected chi connectivity index (χ2v) is 13.0. The van der Waals surface area contributed by atoms with E-state index in [-0.39, 0.29) is 0 Å². The first-order valence-corrected chi connectivity index (χ1v) is 15.0. The van der Waals surface area contributed by atoms with Gasteiger partial charge < -0.3 is 0 Å². The molecule has 0 aliphatic rings. The molecule has 0 fully saturated rings. The Balaban J connectivity index is 2.33. The Morgan fingerprint density at radius 3 is 0.650 bits per heavy atom. The Hall–Kier alpha value is -2.08. The summed E-state index contributed by atoms with van der Waals surface area (Å²) in [5.41, 5.74) is 25.8. The average Bonchev–Trinajstić information content (AvgIpc) is 2.92. The number of fused-ring (bicyclic) bond motifs is 3. The lowest BCUT2D eigenvalue weighted by Crippen LogP contribution is -2.53. The summed E-state index contributed by atoms with van der Waals surface area (Å²) in [4.78, 5) is 0. The van der Waals surface area contributed by atoms with E-state index in [4.69, 9.17) is 0 Å². The van der Waals surface area contributed by atoms with E-state index in [0.29, 0.717) is 0 Å². The smallest absolute Gasteiger partial charge is 0.101 e. The zero-order valence-corrected chi connectivity index (χ0v) is 28.0. The van der Waals surface area contributed by atoms with Gasteiger partial charge in [0.05, 0.1) is 0 Å². The minimum Gasteiger partial charge on any atom is -0.101 e. The standard InChI is InChI=1S/C24H32B16/c25-9-6-3(11(27)19(35)22(38)14(6)30)1(4-7(9)15(31)23(39)20(36)12(4)28)2-5-8(16(32)18(34)10(2)26)17(33)24(40)21(37)13(5)29/h25-40H2. The van der Waals surface area contributed by atoms with Crippen LogP contribution in [0.1, 0.15) is 0 Å². The molecule has 0 spiro atoms. The molecule has 5 aromatic carbocycles.